The number of hydrogen-bond acceptors (Lipinski definition) is 5. The van der Waals surface area contributed by atoms with Crippen LogP contribution in [0.25, 0.3) is 0 Å². The third-order valence-corrected chi connectivity index (χ3v) is 5.00. The van der Waals surface area contributed by atoms with Gasteiger partial charge in [-0.2, -0.15) is 4.98 Å². The largest absolute Gasteiger partial charge is 0.482 e. The van der Waals surface area contributed by atoms with Crippen LogP contribution in [0.2, 0.25) is 0 Å². The molecule has 0 radical (unpaired) electrons. The second-order valence-corrected chi connectivity index (χ2v) is 7.41. The highest BCUT2D eigenvalue weighted by molar-refractivity contribution is 9.10. The Bertz CT molecular complexity index is 723. The highest BCUT2D eigenvalue weighted by Gasteiger charge is 2.49. The molecule has 2 N–H and O–H groups in total. The summed E-state index contributed by atoms with van der Waals surface area (Å²) in [6, 6.07) is 7.56. The fraction of sp³-hybridized carbons (Fsp3) is 0.471. The van der Waals surface area contributed by atoms with Gasteiger partial charge in [0.05, 0.1) is 0 Å². The minimum Gasteiger partial charge on any atom is -0.482 e. The van der Waals surface area contributed by atoms with Crippen LogP contribution in [-0.4, -0.2) is 16.0 Å². The van der Waals surface area contributed by atoms with Crippen molar-refractivity contribution in [2.45, 2.75) is 44.6 Å². The summed E-state index contributed by atoms with van der Waals surface area (Å²) in [7, 11) is 0. The zero-order valence-electron chi connectivity index (χ0n) is 13.7. The number of primary amides is 1. The van der Waals surface area contributed by atoms with Crippen LogP contribution in [0.5, 0.6) is 5.75 Å². The number of benzene rings is 1. The van der Waals surface area contributed by atoms with Crippen LogP contribution >= 0.6 is 15.9 Å². The average molecular weight is 394 g/mol. The molecule has 1 aliphatic carbocycles. The number of hydrogen-bond donors (Lipinski definition) is 1. The summed E-state index contributed by atoms with van der Waals surface area (Å²) in [5, 5.41) is 4.05. The molecule has 1 heterocycles. The van der Waals surface area contributed by atoms with Crippen molar-refractivity contribution >= 4 is 21.8 Å². The van der Waals surface area contributed by atoms with Crippen LogP contribution in [0, 0.1) is 5.92 Å². The maximum absolute atomic E-state index is 11.8. The summed E-state index contributed by atoms with van der Waals surface area (Å²) in [5.74, 6) is 1.19. The number of nitrogens with zero attached hydrogens (tertiary/aromatic N) is 2. The molecule has 1 aliphatic rings. The fourth-order valence-corrected chi connectivity index (χ4v) is 3.05. The van der Waals surface area contributed by atoms with Crippen LogP contribution < -0.4 is 10.5 Å². The van der Waals surface area contributed by atoms with E-state index in [1.165, 1.54) is 0 Å². The summed E-state index contributed by atoms with van der Waals surface area (Å²) in [6.07, 6.45) is 1.88. The predicted octanol–water partition coefficient (Wildman–Crippen LogP) is 3.52. The number of halogens is 1. The molecule has 1 fully saturated rings. The number of aromatic nitrogens is 2. The van der Waals surface area contributed by atoms with E-state index in [0.717, 1.165) is 16.6 Å². The smallest absolute Gasteiger partial charge is 0.242 e. The maximum Gasteiger partial charge on any atom is 0.242 e. The fourth-order valence-electron chi connectivity index (χ4n) is 2.79. The quantitative estimate of drug-likeness (QED) is 0.810. The van der Waals surface area contributed by atoms with Gasteiger partial charge in [-0.05, 0) is 43.0 Å². The highest BCUT2D eigenvalue weighted by Crippen LogP contribution is 2.43. The number of ether oxygens (including phenoxy) is 1. The molecular formula is C17H20BrN3O3. The van der Waals surface area contributed by atoms with Crippen molar-refractivity contribution in [2.75, 3.05) is 0 Å². The Morgan fingerprint density at radius 3 is 2.50 bits per heavy atom. The van der Waals surface area contributed by atoms with Crippen molar-refractivity contribution in [3.8, 4) is 5.75 Å². The van der Waals surface area contributed by atoms with Crippen molar-refractivity contribution in [3.05, 3.63) is 40.5 Å². The van der Waals surface area contributed by atoms with E-state index >= 15 is 0 Å². The number of rotatable bonds is 6. The lowest BCUT2D eigenvalue weighted by Crippen LogP contribution is -2.47. The summed E-state index contributed by atoms with van der Waals surface area (Å²) in [6.45, 7) is 4.04. The summed E-state index contributed by atoms with van der Waals surface area (Å²) in [5.41, 5.74) is 4.74. The lowest BCUT2D eigenvalue weighted by Gasteiger charge is -2.34. The van der Waals surface area contributed by atoms with Gasteiger partial charge in [-0.25, -0.2) is 0 Å². The SMILES string of the molecule is CC(C)C(Oc1ccc(Br)cc1)c1noc(C2(C(N)=O)CCC2)n1. The van der Waals surface area contributed by atoms with Gasteiger partial charge in [0, 0.05) is 4.47 Å². The van der Waals surface area contributed by atoms with Crippen LogP contribution in [0.1, 0.15) is 50.9 Å². The Morgan fingerprint density at radius 2 is 2.00 bits per heavy atom. The van der Waals surface area contributed by atoms with E-state index in [2.05, 4.69) is 26.1 Å². The molecule has 1 atom stereocenters. The van der Waals surface area contributed by atoms with E-state index in [9.17, 15) is 4.79 Å². The third-order valence-electron chi connectivity index (χ3n) is 4.47. The first-order valence-corrected chi connectivity index (χ1v) is 8.78. The topological polar surface area (TPSA) is 91.2 Å². The van der Waals surface area contributed by atoms with Crippen molar-refractivity contribution < 1.29 is 14.1 Å². The Balaban J connectivity index is 1.85. The van der Waals surface area contributed by atoms with Gasteiger partial charge >= 0.3 is 0 Å². The average Bonchev–Trinajstić information content (AvgIpc) is 2.94. The molecule has 1 aromatic carbocycles. The monoisotopic (exact) mass is 393 g/mol. The van der Waals surface area contributed by atoms with Gasteiger partial charge in [0.1, 0.15) is 11.2 Å². The minimum atomic E-state index is -0.801. The molecule has 128 valence electrons. The molecule has 1 aromatic heterocycles. The van der Waals surface area contributed by atoms with E-state index < -0.39 is 11.3 Å². The lowest BCUT2D eigenvalue weighted by molar-refractivity contribution is -0.127. The van der Waals surface area contributed by atoms with E-state index in [-0.39, 0.29) is 12.0 Å². The highest BCUT2D eigenvalue weighted by atomic mass is 79.9. The Morgan fingerprint density at radius 1 is 1.33 bits per heavy atom. The van der Waals surface area contributed by atoms with Crippen molar-refractivity contribution in [1.29, 1.82) is 0 Å². The second-order valence-electron chi connectivity index (χ2n) is 6.49. The van der Waals surface area contributed by atoms with E-state index in [4.69, 9.17) is 15.0 Å². The molecular weight excluding hydrogens is 374 g/mol. The van der Waals surface area contributed by atoms with Crippen molar-refractivity contribution in [1.82, 2.24) is 10.1 Å². The first-order chi connectivity index (χ1) is 11.4. The molecule has 3 rings (SSSR count). The molecule has 0 bridgehead atoms. The Labute approximate surface area is 148 Å². The lowest BCUT2D eigenvalue weighted by atomic mass is 9.68. The van der Waals surface area contributed by atoms with Crippen LogP contribution in [0.15, 0.2) is 33.3 Å². The third kappa shape index (κ3) is 3.05. The molecule has 0 aliphatic heterocycles. The van der Waals surface area contributed by atoms with Gasteiger partial charge in [0.25, 0.3) is 0 Å². The van der Waals surface area contributed by atoms with Crippen molar-refractivity contribution in [2.24, 2.45) is 11.7 Å². The number of carbonyl (C=O) groups is 1. The molecule has 6 nitrogen and oxygen atoms in total. The first kappa shape index (κ1) is 17.0. The summed E-state index contributed by atoms with van der Waals surface area (Å²) < 4.78 is 12.4. The van der Waals surface area contributed by atoms with Gasteiger partial charge in [0.2, 0.25) is 17.6 Å². The Hall–Kier alpha value is -1.89. The molecule has 1 amide bonds. The van der Waals surface area contributed by atoms with Gasteiger partial charge in [-0.15, -0.1) is 0 Å². The van der Waals surface area contributed by atoms with Gasteiger partial charge in [0.15, 0.2) is 6.10 Å². The number of carbonyl (C=O) groups excluding carboxylic acids is 1. The molecule has 0 spiro atoms. The molecule has 1 saturated carbocycles. The van der Waals surface area contributed by atoms with Crippen LogP contribution in [0.3, 0.4) is 0 Å². The second kappa shape index (κ2) is 6.55. The van der Waals surface area contributed by atoms with E-state index in [1.807, 2.05) is 38.1 Å². The zero-order valence-corrected chi connectivity index (χ0v) is 15.2. The Kier molecular flexibility index (Phi) is 4.62. The van der Waals surface area contributed by atoms with E-state index in [0.29, 0.717) is 24.6 Å². The normalized spacial score (nSPS) is 17.3. The predicted molar refractivity (Wildman–Crippen MR) is 91.4 cm³/mol. The maximum atomic E-state index is 11.8. The molecule has 7 heteroatoms. The summed E-state index contributed by atoms with van der Waals surface area (Å²) >= 11 is 3.40. The van der Waals surface area contributed by atoms with Crippen molar-refractivity contribution in [3.63, 3.8) is 0 Å². The molecule has 0 saturated heterocycles. The van der Waals surface area contributed by atoms with Gasteiger partial charge in [-0.3, -0.25) is 4.79 Å². The summed E-state index contributed by atoms with van der Waals surface area (Å²) in [4.78, 5) is 16.2. The molecule has 24 heavy (non-hydrogen) atoms. The zero-order chi connectivity index (χ0) is 17.3. The number of amides is 1. The van der Waals surface area contributed by atoms with Crippen LogP contribution in [0.4, 0.5) is 0 Å². The molecule has 1 unspecified atom stereocenters. The van der Waals surface area contributed by atoms with Crippen LogP contribution in [-0.2, 0) is 10.2 Å². The van der Waals surface area contributed by atoms with Gasteiger partial charge in [-0.1, -0.05) is 41.4 Å². The number of nitrogens with two attached hydrogens (primary N) is 1. The van der Waals surface area contributed by atoms with E-state index in [1.54, 1.807) is 0 Å². The van der Waals surface area contributed by atoms with Gasteiger partial charge < -0.3 is 15.0 Å². The minimum absolute atomic E-state index is 0.130. The first-order valence-electron chi connectivity index (χ1n) is 7.98. The molecule has 2 aromatic rings. The standard InChI is InChI=1S/C17H20BrN3O3/c1-10(2)13(23-12-6-4-11(18)5-7-12)14-20-16(24-21-14)17(15(19)22)8-3-9-17/h4-7,10,13H,3,8-9H2,1-2H3,(H2,19,22).